The van der Waals surface area contributed by atoms with Crippen LogP contribution < -0.4 is 17.0 Å². The molecule has 2 rings (SSSR count). The summed E-state index contributed by atoms with van der Waals surface area (Å²) in [6.07, 6.45) is 5.48. The predicted octanol–water partition coefficient (Wildman–Crippen LogP) is 0.699. The average molecular weight is 284 g/mol. The maximum atomic E-state index is 2.57. The Morgan fingerprint density at radius 1 is 1.06 bits per heavy atom. The van der Waals surface area contributed by atoms with Crippen LogP contribution in [0.3, 0.4) is 0 Å². The molecule has 0 amide bonds. The Morgan fingerprint density at radius 2 is 1.69 bits per heavy atom. The summed E-state index contributed by atoms with van der Waals surface area (Å²) < 4.78 is 0. The van der Waals surface area contributed by atoms with Gasteiger partial charge in [0, 0.05) is 13.1 Å². The van der Waals surface area contributed by atoms with Gasteiger partial charge in [-0.15, -0.1) is 0 Å². The van der Waals surface area contributed by atoms with Crippen LogP contribution in [0.1, 0.15) is 45.2 Å². The number of halogens is 1. The fourth-order valence-electron chi connectivity index (χ4n) is 2.32. The van der Waals surface area contributed by atoms with Gasteiger partial charge in [-0.3, -0.25) is 4.90 Å². The normalized spacial score (nSPS) is 14.6. The summed E-state index contributed by atoms with van der Waals surface area (Å²) in [5.41, 5.74) is 3.07. The van der Waals surface area contributed by atoms with E-state index in [9.17, 15) is 0 Å². The van der Waals surface area contributed by atoms with Gasteiger partial charge in [-0.25, -0.2) is 0 Å². The number of benzene rings is 1. The first kappa shape index (κ1) is 13.7. The molecule has 0 radical (unpaired) electrons. The van der Waals surface area contributed by atoms with Crippen molar-refractivity contribution in [2.75, 3.05) is 6.54 Å². The molecule has 0 aromatic heterocycles. The minimum Gasteiger partial charge on any atom is -1.00 e. The Kier molecular flexibility index (Phi) is 6.07. The quantitative estimate of drug-likeness (QED) is 0.720. The molecule has 0 aliphatic carbocycles. The number of rotatable bonds is 5. The predicted molar refractivity (Wildman–Crippen MR) is 65.8 cm³/mol. The summed E-state index contributed by atoms with van der Waals surface area (Å²) in [5, 5.41) is 0. The molecule has 0 bridgehead atoms. The Bertz CT molecular complexity index is 292. The first-order valence-electron chi connectivity index (χ1n) is 6.19. The van der Waals surface area contributed by atoms with Crippen LogP contribution >= 0.6 is 0 Å². The van der Waals surface area contributed by atoms with Crippen LogP contribution in [0.15, 0.2) is 24.3 Å². The summed E-state index contributed by atoms with van der Waals surface area (Å²) in [5.74, 6) is 0. The monoisotopic (exact) mass is 283 g/mol. The number of fused-ring (bicyclic) bond motifs is 1. The molecule has 0 atom stereocenters. The van der Waals surface area contributed by atoms with Crippen molar-refractivity contribution in [3.63, 3.8) is 0 Å². The van der Waals surface area contributed by atoms with E-state index in [0.717, 1.165) is 0 Å². The molecule has 2 heteroatoms. The van der Waals surface area contributed by atoms with Crippen molar-refractivity contribution < 1.29 is 18.4 Å². The summed E-state index contributed by atoms with van der Waals surface area (Å²) in [6, 6.07) is 8.83. The maximum Gasteiger partial charge on any atom is 1.00 e. The number of hydrogen-bond donors (Lipinski definition) is 0. The molecule has 1 aromatic rings. The molecular weight excluding hydrogens is 262 g/mol. The van der Waals surface area contributed by atoms with Crippen molar-refractivity contribution in [1.29, 1.82) is 0 Å². The second-order valence-electron chi connectivity index (χ2n) is 4.54. The van der Waals surface area contributed by atoms with Crippen LogP contribution in [0.4, 0.5) is 0 Å². The number of nitrogens with zero attached hydrogens (tertiary/aromatic N) is 1. The van der Waals surface area contributed by atoms with Gasteiger partial charge < -0.3 is 17.0 Å². The van der Waals surface area contributed by atoms with E-state index in [0.29, 0.717) is 0 Å². The van der Waals surface area contributed by atoms with E-state index in [2.05, 4.69) is 36.1 Å². The zero-order valence-corrected chi connectivity index (χ0v) is 11.7. The first-order chi connectivity index (χ1) is 7.40. The summed E-state index contributed by atoms with van der Waals surface area (Å²) >= 11 is 0. The molecule has 90 valence electrons. The third-order valence-electron chi connectivity index (χ3n) is 3.23. The molecule has 0 saturated heterocycles. The molecule has 1 nitrogen and oxygen atoms in total. The fraction of sp³-hybridized carbons (Fsp3) is 0.571. The zero-order valence-electron chi connectivity index (χ0n) is 11.1. The standard InChI is InChI=1S/C14H21N.BrH/c1-2-3-4-7-10-15-11-13-8-5-6-9-14(13)12-15;/h5-6,8-9H,2-4,7,10-12H2,1H3;1H. The highest BCUT2D eigenvalue weighted by Crippen LogP contribution is 2.22. The van der Waals surface area contributed by atoms with Gasteiger partial charge in [0.15, 0.2) is 0 Å². The second kappa shape index (κ2) is 7.08. The van der Waals surface area contributed by atoms with Gasteiger partial charge in [0.05, 0.1) is 0 Å². The summed E-state index contributed by atoms with van der Waals surface area (Å²) in [4.78, 5) is 2.57. The lowest BCUT2D eigenvalue weighted by Gasteiger charge is -2.13. The second-order valence-corrected chi connectivity index (χ2v) is 4.54. The van der Waals surface area contributed by atoms with Crippen molar-refractivity contribution >= 4 is 0 Å². The van der Waals surface area contributed by atoms with Crippen LogP contribution in [0.5, 0.6) is 0 Å². The first-order valence-corrected chi connectivity index (χ1v) is 6.19. The lowest BCUT2D eigenvalue weighted by molar-refractivity contribution is -0.00000322. The van der Waals surface area contributed by atoms with Gasteiger partial charge >= 0.3 is 1.43 Å². The van der Waals surface area contributed by atoms with Crippen LogP contribution in [0.2, 0.25) is 0 Å². The van der Waals surface area contributed by atoms with Crippen molar-refractivity contribution in [1.82, 2.24) is 4.90 Å². The molecule has 1 aliphatic rings. The van der Waals surface area contributed by atoms with Crippen LogP contribution in [-0.4, -0.2) is 11.4 Å². The van der Waals surface area contributed by atoms with Gasteiger partial charge in [-0.2, -0.15) is 0 Å². The highest BCUT2D eigenvalue weighted by atomic mass is 79.9. The highest BCUT2D eigenvalue weighted by Gasteiger charge is 2.16. The minimum absolute atomic E-state index is 0. The molecule has 16 heavy (non-hydrogen) atoms. The molecule has 0 N–H and O–H groups in total. The molecule has 1 aromatic carbocycles. The Balaban J connectivity index is 0.00000128. The molecule has 0 unspecified atom stereocenters. The third-order valence-corrected chi connectivity index (χ3v) is 3.23. The average Bonchev–Trinajstić information content (AvgIpc) is 2.67. The van der Waals surface area contributed by atoms with Gasteiger partial charge in [-0.1, -0.05) is 50.5 Å². The lowest BCUT2D eigenvalue weighted by atomic mass is 10.1. The molecule has 1 aliphatic heterocycles. The largest absolute Gasteiger partial charge is 1.00 e. The van der Waals surface area contributed by atoms with E-state index in [1.54, 1.807) is 0 Å². The SMILES string of the molecule is CCCCCCN1Cc2ccccc2C1.[Br-].[H+]. The molecule has 0 saturated carbocycles. The van der Waals surface area contributed by atoms with E-state index >= 15 is 0 Å². The van der Waals surface area contributed by atoms with Crippen LogP contribution in [0, 0.1) is 0 Å². The van der Waals surface area contributed by atoms with E-state index in [1.165, 1.54) is 56.4 Å². The van der Waals surface area contributed by atoms with Gasteiger partial charge in [0.2, 0.25) is 0 Å². The third kappa shape index (κ3) is 3.60. The van der Waals surface area contributed by atoms with E-state index in [1.807, 2.05) is 0 Å². The van der Waals surface area contributed by atoms with Crippen molar-refractivity contribution in [2.45, 2.75) is 45.7 Å². The Hall–Kier alpha value is -0.340. The fourth-order valence-corrected chi connectivity index (χ4v) is 2.32. The molecular formula is C14H22BrN. The molecule has 1 heterocycles. The minimum atomic E-state index is 0. The lowest BCUT2D eigenvalue weighted by Crippen LogP contribution is -3.00. The summed E-state index contributed by atoms with van der Waals surface area (Å²) in [6.45, 7) is 5.88. The zero-order chi connectivity index (χ0) is 10.5. The van der Waals surface area contributed by atoms with Gasteiger partial charge in [0.1, 0.15) is 0 Å². The Morgan fingerprint density at radius 3 is 2.25 bits per heavy atom. The Labute approximate surface area is 111 Å². The van der Waals surface area contributed by atoms with E-state index < -0.39 is 0 Å². The van der Waals surface area contributed by atoms with E-state index in [4.69, 9.17) is 0 Å². The van der Waals surface area contributed by atoms with Crippen molar-refractivity contribution in [3.05, 3.63) is 35.4 Å². The maximum absolute atomic E-state index is 2.57. The van der Waals surface area contributed by atoms with Crippen LogP contribution in [0.25, 0.3) is 0 Å². The number of unbranched alkanes of at least 4 members (excludes halogenated alkanes) is 3. The van der Waals surface area contributed by atoms with Crippen molar-refractivity contribution in [3.8, 4) is 0 Å². The van der Waals surface area contributed by atoms with Crippen LogP contribution in [-0.2, 0) is 13.1 Å². The topological polar surface area (TPSA) is 3.24 Å². The van der Waals surface area contributed by atoms with E-state index in [-0.39, 0.29) is 18.4 Å². The van der Waals surface area contributed by atoms with Crippen molar-refractivity contribution in [2.24, 2.45) is 0 Å². The number of hydrogen-bond acceptors (Lipinski definition) is 1. The van der Waals surface area contributed by atoms with Gasteiger partial charge in [-0.05, 0) is 24.1 Å². The summed E-state index contributed by atoms with van der Waals surface area (Å²) in [7, 11) is 0. The smallest absolute Gasteiger partial charge is 1.00 e. The molecule has 0 spiro atoms. The van der Waals surface area contributed by atoms with Gasteiger partial charge in [0.25, 0.3) is 0 Å². The molecule has 0 fully saturated rings. The highest BCUT2D eigenvalue weighted by molar-refractivity contribution is 5.30.